The Bertz CT molecular complexity index is 567. The number of rotatable bonds is 4. The monoisotopic (exact) mass is 317 g/mol. The van der Waals surface area contributed by atoms with Gasteiger partial charge in [0.25, 0.3) is 0 Å². The Hall–Kier alpha value is -2.08. The van der Waals surface area contributed by atoms with Crippen LogP contribution in [0.1, 0.15) is 19.3 Å². The first kappa shape index (κ1) is 15.8. The van der Waals surface area contributed by atoms with Crippen LogP contribution in [0, 0.1) is 5.92 Å². The van der Waals surface area contributed by atoms with Gasteiger partial charge >= 0.3 is 0 Å². The highest BCUT2D eigenvalue weighted by atomic mass is 16.5. The van der Waals surface area contributed by atoms with Crippen LogP contribution in [0.15, 0.2) is 24.3 Å². The molecular weight excluding hydrogens is 294 g/mol. The summed E-state index contributed by atoms with van der Waals surface area (Å²) >= 11 is 0. The molecule has 124 valence electrons. The van der Waals surface area contributed by atoms with Crippen molar-refractivity contribution in [2.45, 2.75) is 25.3 Å². The first-order valence-corrected chi connectivity index (χ1v) is 8.13. The van der Waals surface area contributed by atoms with Gasteiger partial charge in [-0.1, -0.05) is 0 Å². The Balaban J connectivity index is 1.60. The molecule has 0 spiro atoms. The Morgan fingerprint density at radius 3 is 2.61 bits per heavy atom. The van der Waals surface area contributed by atoms with E-state index in [0.29, 0.717) is 6.54 Å². The molecule has 0 aromatic heterocycles. The molecule has 3 rings (SSSR count). The molecule has 2 fully saturated rings. The van der Waals surface area contributed by atoms with Gasteiger partial charge in [0.05, 0.1) is 13.0 Å². The average molecular weight is 317 g/mol. The summed E-state index contributed by atoms with van der Waals surface area (Å²) < 4.78 is 5.13. The highest BCUT2D eigenvalue weighted by molar-refractivity contribution is 6.00. The topological polar surface area (TPSA) is 70.7 Å². The molecule has 1 aromatic carbocycles. The van der Waals surface area contributed by atoms with Crippen LogP contribution in [0.5, 0.6) is 5.75 Å². The minimum Gasteiger partial charge on any atom is -0.497 e. The molecule has 2 aliphatic rings. The van der Waals surface area contributed by atoms with E-state index in [9.17, 15) is 9.59 Å². The Kier molecular flexibility index (Phi) is 4.81. The fourth-order valence-corrected chi connectivity index (χ4v) is 3.18. The van der Waals surface area contributed by atoms with Crippen LogP contribution < -0.4 is 20.3 Å². The van der Waals surface area contributed by atoms with Crippen molar-refractivity contribution in [2.24, 2.45) is 5.92 Å². The van der Waals surface area contributed by atoms with Crippen molar-refractivity contribution in [2.75, 3.05) is 31.6 Å². The first-order valence-electron chi connectivity index (χ1n) is 8.13. The Labute approximate surface area is 136 Å². The third-order valence-corrected chi connectivity index (χ3v) is 4.57. The van der Waals surface area contributed by atoms with E-state index in [1.54, 1.807) is 12.0 Å². The summed E-state index contributed by atoms with van der Waals surface area (Å²) in [5.41, 5.74) is 0.813. The number of anilines is 1. The number of hydrogen-bond donors (Lipinski definition) is 2. The minimum absolute atomic E-state index is 0.000581. The molecule has 1 aromatic rings. The number of ether oxygens (including phenoxy) is 1. The summed E-state index contributed by atoms with van der Waals surface area (Å²) in [6.45, 7) is 2.32. The van der Waals surface area contributed by atoms with Crippen LogP contribution >= 0.6 is 0 Å². The summed E-state index contributed by atoms with van der Waals surface area (Å²) in [5, 5.41) is 6.37. The molecule has 0 aliphatic carbocycles. The normalized spacial score (nSPS) is 22.2. The van der Waals surface area contributed by atoms with E-state index >= 15 is 0 Å². The first-order chi connectivity index (χ1) is 11.2. The standard InChI is InChI=1S/C17H23N3O3/c1-23-15-4-2-14(3-5-15)20-11-12(10-16(20)21)17(22)19-13-6-8-18-9-7-13/h2-5,12-13,18H,6-11H2,1H3,(H,19,22). The molecule has 2 heterocycles. The van der Waals surface area contributed by atoms with Crippen LogP contribution in [0.25, 0.3) is 0 Å². The summed E-state index contributed by atoms with van der Waals surface area (Å²) in [7, 11) is 1.61. The maximum absolute atomic E-state index is 12.4. The highest BCUT2D eigenvalue weighted by Gasteiger charge is 2.35. The molecule has 0 radical (unpaired) electrons. The number of carbonyl (C=O) groups excluding carboxylic acids is 2. The predicted molar refractivity (Wildman–Crippen MR) is 87.5 cm³/mol. The lowest BCUT2D eigenvalue weighted by molar-refractivity contribution is -0.127. The maximum Gasteiger partial charge on any atom is 0.227 e. The highest BCUT2D eigenvalue weighted by Crippen LogP contribution is 2.27. The third kappa shape index (κ3) is 3.64. The Morgan fingerprint density at radius 2 is 1.96 bits per heavy atom. The van der Waals surface area contributed by atoms with Gasteiger partial charge in [0.2, 0.25) is 11.8 Å². The summed E-state index contributed by atoms with van der Waals surface area (Å²) in [5.74, 6) is 0.488. The number of nitrogens with one attached hydrogen (secondary N) is 2. The SMILES string of the molecule is COc1ccc(N2CC(C(=O)NC3CCNCC3)CC2=O)cc1. The van der Waals surface area contributed by atoms with E-state index in [0.717, 1.165) is 37.4 Å². The second kappa shape index (κ2) is 7.00. The number of hydrogen-bond acceptors (Lipinski definition) is 4. The fourth-order valence-electron chi connectivity index (χ4n) is 3.18. The zero-order valence-corrected chi connectivity index (χ0v) is 13.4. The van der Waals surface area contributed by atoms with Crippen LogP contribution in [0.2, 0.25) is 0 Å². The zero-order chi connectivity index (χ0) is 16.2. The van der Waals surface area contributed by atoms with Gasteiger partial charge in [-0.3, -0.25) is 9.59 Å². The van der Waals surface area contributed by atoms with Crippen molar-refractivity contribution in [3.8, 4) is 5.75 Å². The lowest BCUT2D eigenvalue weighted by Crippen LogP contribution is -2.45. The molecule has 6 nitrogen and oxygen atoms in total. The largest absolute Gasteiger partial charge is 0.497 e. The van der Waals surface area contributed by atoms with Crippen LogP contribution in [-0.4, -0.2) is 44.6 Å². The Morgan fingerprint density at radius 1 is 1.26 bits per heavy atom. The molecule has 0 saturated carbocycles. The second-order valence-corrected chi connectivity index (χ2v) is 6.14. The zero-order valence-electron chi connectivity index (χ0n) is 13.4. The van der Waals surface area contributed by atoms with Gasteiger partial charge in [0.1, 0.15) is 5.75 Å². The molecule has 6 heteroatoms. The maximum atomic E-state index is 12.4. The van der Waals surface area contributed by atoms with E-state index in [1.165, 1.54) is 0 Å². The quantitative estimate of drug-likeness (QED) is 0.866. The summed E-state index contributed by atoms with van der Waals surface area (Å²) in [4.78, 5) is 26.3. The average Bonchev–Trinajstić information content (AvgIpc) is 2.98. The fraction of sp³-hybridized carbons (Fsp3) is 0.529. The number of nitrogens with zero attached hydrogens (tertiary/aromatic N) is 1. The molecular formula is C17H23N3O3. The predicted octanol–water partition coefficient (Wildman–Crippen LogP) is 0.916. The van der Waals surface area contributed by atoms with Crippen molar-refractivity contribution >= 4 is 17.5 Å². The van der Waals surface area contributed by atoms with Gasteiger partial charge in [0.15, 0.2) is 0 Å². The van der Waals surface area contributed by atoms with Crippen LogP contribution in [0.3, 0.4) is 0 Å². The third-order valence-electron chi connectivity index (χ3n) is 4.57. The number of methoxy groups -OCH3 is 1. The molecule has 2 saturated heterocycles. The number of amides is 2. The van der Waals surface area contributed by atoms with Gasteiger partial charge in [-0.15, -0.1) is 0 Å². The lowest BCUT2D eigenvalue weighted by Gasteiger charge is -2.25. The smallest absolute Gasteiger partial charge is 0.227 e. The van der Waals surface area contributed by atoms with E-state index < -0.39 is 0 Å². The van der Waals surface area contributed by atoms with Gasteiger partial charge in [-0.25, -0.2) is 0 Å². The van der Waals surface area contributed by atoms with Crippen molar-refractivity contribution < 1.29 is 14.3 Å². The molecule has 2 N–H and O–H groups in total. The number of piperidine rings is 1. The lowest BCUT2D eigenvalue weighted by atomic mass is 10.0. The molecule has 2 aliphatic heterocycles. The van der Waals surface area contributed by atoms with Crippen molar-refractivity contribution in [3.63, 3.8) is 0 Å². The van der Waals surface area contributed by atoms with E-state index in [2.05, 4.69) is 10.6 Å². The van der Waals surface area contributed by atoms with E-state index in [-0.39, 0.29) is 30.2 Å². The van der Waals surface area contributed by atoms with Gasteiger partial charge in [0, 0.05) is 24.7 Å². The number of benzene rings is 1. The molecule has 1 unspecified atom stereocenters. The van der Waals surface area contributed by atoms with Gasteiger partial charge in [-0.05, 0) is 50.2 Å². The molecule has 0 bridgehead atoms. The van der Waals surface area contributed by atoms with Crippen molar-refractivity contribution in [1.29, 1.82) is 0 Å². The second-order valence-electron chi connectivity index (χ2n) is 6.14. The van der Waals surface area contributed by atoms with Gasteiger partial charge in [-0.2, -0.15) is 0 Å². The molecule has 1 atom stereocenters. The van der Waals surface area contributed by atoms with Crippen LogP contribution in [-0.2, 0) is 9.59 Å². The van der Waals surface area contributed by atoms with Gasteiger partial charge < -0.3 is 20.3 Å². The van der Waals surface area contributed by atoms with E-state index in [1.807, 2.05) is 24.3 Å². The molecule has 23 heavy (non-hydrogen) atoms. The van der Waals surface area contributed by atoms with Crippen LogP contribution in [0.4, 0.5) is 5.69 Å². The van der Waals surface area contributed by atoms with E-state index in [4.69, 9.17) is 4.74 Å². The summed E-state index contributed by atoms with van der Waals surface area (Å²) in [6, 6.07) is 7.58. The van der Waals surface area contributed by atoms with Crippen molar-refractivity contribution in [3.05, 3.63) is 24.3 Å². The van der Waals surface area contributed by atoms with Crippen molar-refractivity contribution in [1.82, 2.24) is 10.6 Å². The summed E-state index contributed by atoms with van der Waals surface area (Å²) in [6.07, 6.45) is 2.19. The molecule has 2 amide bonds. The minimum atomic E-state index is -0.264. The number of carbonyl (C=O) groups is 2.